The fraction of sp³-hybridized carbons (Fsp3) is 0.375. The van der Waals surface area contributed by atoms with Gasteiger partial charge in [-0.25, -0.2) is 0 Å². The molecule has 118 valence electrons. The maximum absolute atomic E-state index is 11.3. The van der Waals surface area contributed by atoms with Crippen LogP contribution in [-0.2, 0) is 21.2 Å². The standard InChI is InChI=1S/C16H20N2O2S2/c1-22(19,20)17-16-6-8-18(11-16)10-13-2-4-14(5-3-13)15-7-9-21-12-15/h2-5,7,9,12,16H,6,8,10-11H2,1H3,(H-,17,19,20). The topological polar surface area (TPSA) is 55.4 Å². The van der Waals surface area contributed by atoms with Crippen LogP contribution in [0.25, 0.3) is 11.1 Å². The smallest absolute Gasteiger partial charge is 0.120 e. The Kier molecular flexibility index (Phi) is 4.75. The molecule has 2 atom stereocenters. The van der Waals surface area contributed by atoms with Crippen LogP contribution in [0.1, 0.15) is 12.0 Å². The monoisotopic (exact) mass is 336 g/mol. The summed E-state index contributed by atoms with van der Waals surface area (Å²) in [5.74, 6) is 0. The normalized spacial score (nSPS) is 21.8. The third-order valence-corrected chi connectivity index (χ3v) is 5.31. The van der Waals surface area contributed by atoms with Crippen molar-refractivity contribution < 1.29 is 8.76 Å². The number of nitrogens with zero attached hydrogens (tertiary/aromatic N) is 1. The van der Waals surface area contributed by atoms with E-state index in [1.54, 1.807) is 11.3 Å². The summed E-state index contributed by atoms with van der Waals surface area (Å²) in [6.45, 7) is 2.57. The zero-order valence-electron chi connectivity index (χ0n) is 12.5. The van der Waals surface area contributed by atoms with Crippen LogP contribution in [0.2, 0.25) is 0 Å². The van der Waals surface area contributed by atoms with Gasteiger partial charge in [0.2, 0.25) is 0 Å². The summed E-state index contributed by atoms with van der Waals surface area (Å²) in [7, 11) is -3.11. The molecule has 22 heavy (non-hydrogen) atoms. The van der Waals surface area contributed by atoms with Gasteiger partial charge in [-0.2, -0.15) is 11.3 Å². The van der Waals surface area contributed by atoms with Gasteiger partial charge in [-0.3, -0.25) is 4.90 Å². The van der Waals surface area contributed by atoms with Gasteiger partial charge in [-0.05, 0) is 39.9 Å². The van der Waals surface area contributed by atoms with E-state index in [1.165, 1.54) is 22.9 Å². The van der Waals surface area contributed by atoms with Gasteiger partial charge in [0.05, 0.1) is 6.04 Å². The van der Waals surface area contributed by atoms with E-state index in [0.29, 0.717) is 0 Å². The van der Waals surface area contributed by atoms with Crippen LogP contribution in [0, 0.1) is 0 Å². The molecule has 1 saturated heterocycles. The number of thiophene rings is 1. The highest BCUT2D eigenvalue weighted by Crippen LogP contribution is 2.23. The molecule has 3 rings (SSSR count). The number of hydrogen-bond donors (Lipinski definition) is 1. The van der Waals surface area contributed by atoms with Crippen LogP contribution < -0.4 is 4.72 Å². The zero-order valence-corrected chi connectivity index (χ0v) is 14.2. The van der Waals surface area contributed by atoms with Gasteiger partial charge in [0, 0.05) is 19.6 Å². The second-order valence-corrected chi connectivity index (χ2v) is 8.38. The lowest BCUT2D eigenvalue weighted by molar-refractivity contribution is 0.323. The number of likely N-dealkylation sites (tertiary alicyclic amines) is 1. The van der Waals surface area contributed by atoms with Crippen molar-refractivity contribution in [1.82, 2.24) is 9.62 Å². The first-order valence-corrected chi connectivity index (χ1v) is 10.1. The minimum absolute atomic E-state index is 0.0417. The first kappa shape index (κ1) is 15.8. The maximum Gasteiger partial charge on any atom is 0.120 e. The Morgan fingerprint density at radius 1 is 1.32 bits per heavy atom. The fourth-order valence-electron chi connectivity index (χ4n) is 2.86. The molecule has 1 aromatic carbocycles. The predicted octanol–water partition coefficient (Wildman–Crippen LogP) is 2.75. The van der Waals surface area contributed by atoms with Crippen molar-refractivity contribution in [1.29, 1.82) is 0 Å². The van der Waals surface area contributed by atoms with Gasteiger partial charge >= 0.3 is 0 Å². The summed E-state index contributed by atoms with van der Waals surface area (Å²) in [6, 6.07) is 10.8. The lowest BCUT2D eigenvalue weighted by Gasteiger charge is -2.18. The van der Waals surface area contributed by atoms with Gasteiger partial charge in [0.25, 0.3) is 0 Å². The second kappa shape index (κ2) is 6.60. The van der Waals surface area contributed by atoms with Gasteiger partial charge in [-0.15, -0.1) is 4.72 Å². The largest absolute Gasteiger partial charge is 0.598 e. The van der Waals surface area contributed by atoms with Crippen LogP contribution in [0.4, 0.5) is 0 Å². The minimum Gasteiger partial charge on any atom is -0.598 e. The van der Waals surface area contributed by atoms with E-state index >= 15 is 0 Å². The molecule has 0 aliphatic carbocycles. The second-order valence-electron chi connectivity index (χ2n) is 5.82. The molecule has 0 amide bonds. The number of hydrogen-bond acceptors (Lipinski definition) is 4. The third kappa shape index (κ3) is 4.24. The molecule has 1 aliphatic rings. The van der Waals surface area contributed by atoms with Crippen LogP contribution >= 0.6 is 11.3 Å². The average molecular weight is 336 g/mol. The summed E-state index contributed by atoms with van der Waals surface area (Å²) < 4.78 is 25.2. The quantitative estimate of drug-likeness (QED) is 0.854. The number of nitrogens with one attached hydrogen (secondary N) is 1. The van der Waals surface area contributed by atoms with Crippen molar-refractivity contribution in [3.8, 4) is 11.1 Å². The summed E-state index contributed by atoms with van der Waals surface area (Å²) in [6.07, 6.45) is 2.10. The molecule has 0 spiro atoms. The predicted molar refractivity (Wildman–Crippen MR) is 91.3 cm³/mol. The Balaban J connectivity index is 1.57. The number of rotatable bonds is 5. The van der Waals surface area contributed by atoms with Gasteiger partial charge in [0.1, 0.15) is 16.7 Å². The van der Waals surface area contributed by atoms with Crippen LogP contribution in [0.5, 0.6) is 0 Å². The Hall–Kier alpha value is -1.05. The van der Waals surface area contributed by atoms with E-state index in [0.717, 1.165) is 26.1 Å². The molecule has 1 fully saturated rings. The molecule has 2 unspecified atom stereocenters. The molecule has 0 saturated carbocycles. The minimum atomic E-state index is -3.11. The number of sulfonamides is 1. The summed E-state index contributed by atoms with van der Waals surface area (Å²) >= 11 is 1.71. The highest BCUT2D eigenvalue weighted by atomic mass is 32.3. The van der Waals surface area contributed by atoms with Crippen molar-refractivity contribution in [3.63, 3.8) is 0 Å². The molecule has 2 aromatic rings. The molecular weight excluding hydrogens is 316 g/mol. The van der Waals surface area contributed by atoms with Crippen molar-refractivity contribution in [2.45, 2.75) is 19.0 Å². The third-order valence-electron chi connectivity index (χ3n) is 3.87. The molecule has 0 bridgehead atoms. The maximum atomic E-state index is 11.3. The summed E-state index contributed by atoms with van der Waals surface area (Å²) in [4.78, 5) is 2.29. The molecule has 1 N–H and O–H groups in total. The van der Waals surface area contributed by atoms with E-state index in [1.807, 2.05) is 0 Å². The summed E-state index contributed by atoms with van der Waals surface area (Å²) in [5.41, 5.74) is 3.76. The van der Waals surface area contributed by atoms with Crippen molar-refractivity contribution >= 4 is 21.7 Å². The fourth-order valence-corrected chi connectivity index (χ4v) is 4.33. The molecule has 2 heterocycles. The van der Waals surface area contributed by atoms with Crippen LogP contribution in [0.15, 0.2) is 41.1 Å². The van der Waals surface area contributed by atoms with Crippen molar-refractivity contribution in [3.05, 3.63) is 46.7 Å². The van der Waals surface area contributed by atoms with Crippen molar-refractivity contribution in [2.75, 3.05) is 19.3 Å². The highest BCUT2D eigenvalue weighted by Gasteiger charge is 2.26. The Labute approximate surface area is 136 Å². The lowest BCUT2D eigenvalue weighted by Crippen LogP contribution is -2.39. The Bertz CT molecular complexity index is 649. The molecule has 0 radical (unpaired) electrons. The zero-order chi connectivity index (χ0) is 15.6. The number of benzene rings is 1. The van der Waals surface area contributed by atoms with E-state index in [9.17, 15) is 8.76 Å². The van der Waals surface area contributed by atoms with E-state index in [2.05, 4.69) is 50.7 Å². The highest BCUT2D eigenvalue weighted by molar-refractivity contribution is 7.95. The van der Waals surface area contributed by atoms with Crippen LogP contribution in [-0.4, -0.2) is 34.8 Å². The first-order valence-electron chi connectivity index (χ1n) is 7.31. The van der Waals surface area contributed by atoms with Gasteiger partial charge < -0.3 is 4.55 Å². The summed E-state index contributed by atoms with van der Waals surface area (Å²) in [5, 5.41) is 4.24. The molecular formula is C16H20N2O2S2. The first-order chi connectivity index (χ1) is 10.5. The van der Waals surface area contributed by atoms with Gasteiger partial charge in [-0.1, -0.05) is 28.5 Å². The van der Waals surface area contributed by atoms with Crippen LogP contribution in [0.3, 0.4) is 0 Å². The Morgan fingerprint density at radius 2 is 2.09 bits per heavy atom. The molecule has 6 heteroatoms. The van der Waals surface area contributed by atoms with E-state index in [4.69, 9.17) is 0 Å². The lowest BCUT2D eigenvalue weighted by atomic mass is 10.1. The van der Waals surface area contributed by atoms with E-state index in [-0.39, 0.29) is 6.04 Å². The van der Waals surface area contributed by atoms with Gasteiger partial charge in [0.15, 0.2) is 0 Å². The van der Waals surface area contributed by atoms with E-state index < -0.39 is 10.4 Å². The molecule has 1 aromatic heterocycles. The SMILES string of the molecule is C[S+](=O)([O-])NC1CCN(Cc2ccc(-c3ccsc3)cc2)C1. The molecule has 1 aliphatic heterocycles. The average Bonchev–Trinajstić information content (AvgIpc) is 3.10. The Morgan fingerprint density at radius 3 is 2.73 bits per heavy atom. The molecule has 4 nitrogen and oxygen atoms in total. The van der Waals surface area contributed by atoms with Crippen molar-refractivity contribution in [2.24, 2.45) is 0 Å².